The lowest BCUT2D eigenvalue weighted by atomic mass is 9.95. The lowest BCUT2D eigenvalue weighted by Gasteiger charge is -2.26. The van der Waals surface area contributed by atoms with E-state index in [0.717, 1.165) is 17.5 Å². The second kappa shape index (κ2) is 6.87. The number of aromatic hydroxyl groups is 2. The second-order valence-electron chi connectivity index (χ2n) is 6.98. The van der Waals surface area contributed by atoms with E-state index in [-0.39, 0.29) is 17.4 Å². The SMILES string of the molecule is CCCN1C(=O)c2[nH]nc(-c3cc(Cl)c(C)cc3O)c2C1c1cccc(O)c1. The van der Waals surface area contributed by atoms with Crippen molar-refractivity contribution in [3.8, 4) is 22.8 Å². The van der Waals surface area contributed by atoms with E-state index in [0.29, 0.717) is 34.1 Å². The number of carbonyl (C=O) groups is 1. The molecule has 2 heterocycles. The van der Waals surface area contributed by atoms with Crippen LogP contribution in [0.2, 0.25) is 5.02 Å². The van der Waals surface area contributed by atoms with Gasteiger partial charge in [0.05, 0.1) is 6.04 Å². The van der Waals surface area contributed by atoms with Crippen molar-refractivity contribution in [3.05, 3.63) is 63.8 Å². The number of aromatic amines is 1. The number of H-pyrrole nitrogens is 1. The third-order valence-corrected chi connectivity index (χ3v) is 5.45. The highest BCUT2D eigenvalue weighted by atomic mass is 35.5. The minimum Gasteiger partial charge on any atom is -0.508 e. The fraction of sp³-hybridized carbons (Fsp3) is 0.238. The highest BCUT2D eigenvalue weighted by Gasteiger charge is 2.42. The van der Waals surface area contributed by atoms with Gasteiger partial charge in [-0.15, -0.1) is 0 Å². The third-order valence-electron chi connectivity index (χ3n) is 5.05. The van der Waals surface area contributed by atoms with E-state index in [2.05, 4.69) is 10.2 Å². The summed E-state index contributed by atoms with van der Waals surface area (Å²) < 4.78 is 0. The summed E-state index contributed by atoms with van der Waals surface area (Å²) in [6.45, 7) is 4.37. The third kappa shape index (κ3) is 2.81. The van der Waals surface area contributed by atoms with E-state index in [1.54, 1.807) is 35.2 Å². The molecule has 3 aromatic rings. The van der Waals surface area contributed by atoms with Gasteiger partial charge < -0.3 is 15.1 Å². The molecule has 1 unspecified atom stereocenters. The van der Waals surface area contributed by atoms with Crippen molar-refractivity contribution in [1.82, 2.24) is 15.1 Å². The van der Waals surface area contributed by atoms with E-state index in [9.17, 15) is 15.0 Å². The van der Waals surface area contributed by atoms with E-state index in [1.807, 2.05) is 19.9 Å². The van der Waals surface area contributed by atoms with Crippen LogP contribution < -0.4 is 0 Å². The number of nitrogens with zero attached hydrogens (tertiary/aromatic N) is 2. The van der Waals surface area contributed by atoms with Crippen LogP contribution in [0.15, 0.2) is 36.4 Å². The van der Waals surface area contributed by atoms with Crippen LogP contribution in [0.5, 0.6) is 11.5 Å². The molecule has 0 bridgehead atoms. The van der Waals surface area contributed by atoms with Crippen molar-refractivity contribution in [2.24, 2.45) is 0 Å². The van der Waals surface area contributed by atoms with Crippen molar-refractivity contribution in [1.29, 1.82) is 0 Å². The highest BCUT2D eigenvalue weighted by molar-refractivity contribution is 6.31. The second-order valence-corrected chi connectivity index (χ2v) is 7.38. The minimum absolute atomic E-state index is 0.0484. The first-order valence-electron chi connectivity index (χ1n) is 9.10. The topological polar surface area (TPSA) is 89.5 Å². The molecule has 0 spiro atoms. The average molecular weight is 398 g/mol. The standard InChI is InChI=1S/C21H20ClN3O3/c1-3-7-25-20(12-5-4-6-13(26)9-12)17-18(23-24-19(17)21(25)28)14-10-15(22)11(2)8-16(14)27/h4-6,8-10,20,26-27H,3,7H2,1-2H3,(H,23,24). The quantitative estimate of drug-likeness (QED) is 0.608. The molecule has 7 heteroatoms. The zero-order valence-electron chi connectivity index (χ0n) is 15.5. The van der Waals surface area contributed by atoms with Crippen LogP contribution in [0, 0.1) is 6.92 Å². The van der Waals surface area contributed by atoms with Gasteiger partial charge in [0.25, 0.3) is 5.91 Å². The number of aryl methyl sites for hydroxylation is 1. The monoisotopic (exact) mass is 397 g/mol. The Bertz CT molecular complexity index is 1080. The number of hydrogen-bond donors (Lipinski definition) is 3. The van der Waals surface area contributed by atoms with Gasteiger partial charge in [-0.1, -0.05) is 30.7 Å². The lowest BCUT2D eigenvalue weighted by Crippen LogP contribution is -2.30. The van der Waals surface area contributed by atoms with Gasteiger partial charge in [0.2, 0.25) is 0 Å². The fourth-order valence-corrected chi connectivity index (χ4v) is 3.93. The molecule has 6 nitrogen and oxygen atoms in total. The zero-order chi connectivity index (χ0) is 20.0. The molecule has 0 saturated carbocycles. The van der Waals surface area contributed by atoms with Gasteiger partial charge in [-0.3, -0.25) is 9.89 Å². The maximum atomic E-state index is 13.0. The number of phenols is 2. The predicted molar refractivity (Wildman–Crippen MR) is 107 cm³/mol. The Hall–Kier alpha value is -2.99. The van der Waals surface area contributed by atoms with Crippen molar-refractivity contribution < 1.29 is 15.0 Å². The predicted octanol–water partition coefficient (Wildman–Crippen LogP) is 4.40. The molecule has 1 aliphatic heterocycles. The van der Waals surface area contributed by atoms with Gasteiger partial charge in [-0.05, 0) is 48.7 Å². The molecule has 0 fully saturated rings. The van der Waals surface area contributed by atoms with Gasteiger partial charge in [0.15, 0.2) is 0 Å². The van der Waals surface area contributed by atoms with Crippen molar-refractivity contribution in [3.63, 3.8) is 0 Å². The molecule has 4 rings (SSSR count). The molecule has 1 atom stereocenters. The number of carbonyl (C=O) groups excluding carboxylic acids is 1. The van der Waals surface area contributed by atoms with Gasteiger partial charge in [0, 0.05) is 22.7 Å². The Morgan fingerprint density at radius 1 is 1.25 bits per heavy atom. The number of aromatic nitrogens is 2. The fourth-order valence-electron chi connectivity index (χ4n) is 3.77. The van der Waals surface area contributed by atoms with Crippen molar-refractivity contribution in [2.45, 2.75) is 26.3 Å². The maximum Gasteiger partial charge on any atom is 0.273 e. The number of halogens is 1. The molecular formula is C21H20ClN3O3. The van der Waals surface area contributed by atoms with E-state index in [4.69, 9.17) is 11.6 Å². The first-order valence-corrected chi connectivity index (χ1v) is 9.47. The highest BCUT2D eigenvalue weighted by Crippen LogP contribution is 2.45. The molecule has 3 N–H and O–H groups in total. The Balaban J connectivity index is 1.94. The van der Waals surface area contributed by atoms with Gasteiger partial charge >= 0.3 is 0 Å². The van der Waals surface area contributed by atoms with Crippen molar-refractivity contribution >= 4 is 17.5 Å². The average Bonchev–Trinajstić information content (AvgIpc) is 3.18. The molecule has 0 saturated heterocycles. The van der Waals surface area contributed by atoms with Crippen LogP contribution in [0.4, 0.5) is 0 Å². The molecular weight excluding hydrogens is 378 g/mol. The smallest absolute Gasteiger partial charge is 0.273 e. The van der Waals surface area contributed by atoms with Crippen LogP contribution in [0.3, 0.4) is 0 Å². The molecule has 28 heavy (non-hydrogen) atoms. The zero-order valence-corrected chi connectivity index (χ0v) is 16.3. The number of amides is 1. The Morgan fingerprint density at radius 3 is 2.75 bits per heavy atom. The minimum atomic E-state index is -0.414. The summed E-state index contributed by atoms with van der Waals surface area (Å²) in [7, 11) is 0. The van der Waals surface area contributed by atoms with Crippen LogP contribution in [0.25, 0.3) is 11.3 Å². The summed E-state index contributed by atoms with van der Waals surface area (Å²) in [6.07, 6.45) is 0.787. The molecule has 1 amide bonds. The number of benzene rings is 2. The molecule has 144 valence electrons. The summed E-state index contributed by atoms with van der Waals surface area (Å²) in [4.78, 5) is 14.8. The lowest BCUT2D eigenvalue weighted by molar-refractivity contribution is 0.0743. The number of phenolic OH excluding ortho intramolecular Hbond substituents is 2. The molecule has 0 radical (unpaired) electrons. The Labute approximate surface area is 167 Å². The largest absolute Gasteiger partial charge is 0.508 e. The summed E-state index contributed by atoms with van der Waals surface area (Å²) in [5.41, 5.74) is 3.55. The van der Waals surface area contributed by atoms with Gasteiger partial charge in [-0.2, -0.15) is 5.10 Å². The normalized spacial score (nSPS) is 15.9. The number of hydrogen-bond acceptors (Lipinski definition) is 4. The number of nitrogens with one attached hydrogen (secondary N) is 1. The molecule has 0 aliphatic carbocycles. The summed E-state index contributed by atoms with van der Waals surface area (Å²) in [6, 6.07) is 9.69. The number of rotatable bonds is 4. The van der Waals surface area contributed by atoms with Crippen molar-refractivity contribution in [2.75, 3.05) is 6.54 Å². The molecule has 1 aliphatic rings. The van der Waals surface area contributed by atoms with E-state index >= 15 is 0 Å². The summed E-state index contributed by atoms with van der Waals surface area (Å²) >= 11 is 6.28. The Morgan fingerprint density at radius 2 is 2.04 bits per heavy atom. The Kier molecular flexibility index (Phi) is 4.51. The summed E-state index contributed by atoms with van der Waals surface area (Å²) in [5, 5.41) is 28.1. The first kappa shape index (κ1) is 18.4. The van der Waals surface area contributed by atoms with Crippen LogP contribution >= 0.6 is 11.6 Å². The van der Waals surface area contributed by atoms with Crippen LogP contribution in [0.1, 0.15) is 46.6 Å². The van der Waals surface area contributed by atoms with Crippen LogP contribution in [-0.4, -0.2) is 37.8 Å². The van der Waals surface area contributed by atoms with Crippen LogP contribution in [-0.2, 0) is 0 Å². The number of fused-ring (bicyclic) bond motifs is 1. The van der Waals surface area contributed by atoms with E-state index < -0.39 is 6.04 Å². The maximum absolute atomic E-state index is 13.0. The van der Waals surface area contributed by atoms with Gasteiger partial charge in [-0.25, -0.2) is 0 Å². The molecule has 2 aromatic carbocycles. The molecule has 1 aromatic heterocycles. The summed E-state index contributed by atoms with van der Waals surface area (Å²) in [5.74, 6) is 0.0232. The van der Waals surface area contributed by atoms with Gasteiger partial charge in [0.1, 0.15) is 22.9 Å². The first-order chi connectivity index (χ1) is 13.4. The van der Waals surface area contributed by atoms with E-state index in [1.165, 1.54) is 0 Å².